The first-order valence-electron chi connectivity index (χ1n) is 10.9. The van der Waals surface area contributed by atoms with Crippen molar-refractivity contribution in [3.8, 4) is 0 Å². The lowest BCUT2D eigenvalue weighted by atomic mass is 9.98. The number of ether oxygens (including phenoxy) is 1. The highest BCUT2D eigenvalue weighted by molar-refractivity contribution is 7.19. The Morgan fingerprint density at radius 3 is 2.94 bits per heavy atom. The van der Waals surface area contributed by atoms with Gasteiger partial charge in [-0.3, -0.25) is 0 Å². The molecule has 0 amide bonds. The standard InChI is InChI=1S/C23H28N6OS/c1-15(27-17-8-11-30-12-9-17)22-28-20-21(25-14-26-23(20)31-22)29-13-16(7-10-24-2)18-5-3-4-6-19(18)29/h3-6,14,16-17,24,27H,1,7-13H2,2H3. The van der Waals surface area contributed by atoms with Crippen LogP contribution in [0.15, 0.2) is 37.2 Å². The maximum absolute atomic E-state index is 5.46. The Kier molecular flexibility index (Phi) is 5.85. The molecule has 2 aliphatic heterocycles. The van der Waals surface area contributed by atoms with Gasteiger partial charge in [0.25, 0.3) is 0 Å². The van der Waals surface area contributed by atoms with Crippen molar-refractivity contribution in [1.82, 2.24) is 25.6 Å². The fraction of sp³-hybridized carbons (Fsp3) is 0.435. The summed E-state index contributed by atoms with van der Waals surface area (Å²) in [5, 5.41) is 7.69. The molecule has 31 heavy (non-hydrogen) atoms. The zero-order valence-electron chi connectivity index (χ0n) is 17.8. The predicted octanol–water partition coefficient (Wildman–Crippen LogP) is 3.67. The molecule has 5 rings (SSSR count). The van der Waals surface area contributed by atoms with Crippen LogP contribution in [0.1, 0.15) is 35.8 Å². The van der Waals surface area contributed by atoms with Crippen molar-refractivity contribution in [3.05, 3.63) is 47.7 Å². The van der Waals surface area contributed by atoms with E-state index >= 15 is 0 Å². The number of benzene rings is 1. The van der Waals surface area contributed by atoms with E-state index in [0.717, 1.165) is 72.4 Å². The molecule has 0 radical (unpaired) electrons. The van der Waals surface area contributed by atoms with Crippen LogP contribution < -0.4 is 15.5 Å². The second-order valence-electron chi connectivity index (χ2n) is 8.14. The highest BCUT2D eigenvalue weighted by Gasteiger charge is 2.31. The fourth-order valence-corrected chi connectivity index (χ4v) is 5.32. The van der Waals surface area contributed by atoms with E-state index in [2.05, 4.69) is 56.3 Å². The Morgan fingerprint density at radius 2 is 2.10 bits per heavy atom. The molecule has 1 unspecified atom stereocenters. The molecule has 0 spiro atoms. The quantitative estimate of drug-likeness (QED) is 0.585. The minimum absolute atomic E-state index is 0.386. The number of hydrogen-bond acceptors (Lipinski definition) is 8. The van der Waals surface area contributed by atoms with Crippen LogP contribution >= 0.6 is 11.3 Å². The third-order valence-corrected chi connectivity index (χ3v) is 7.13. The smallest absolute Gasteiger partial charge is 0.164 e. The summed E-state index contributed by atoms with van der Waals surface area (Å²) in [6.45, 7) is 7.74. The first kappa shape index (κ1) is 20.4. The second kappa shape index (κ2) is 8.90. The van der Waals surface area contributed by atoms with Gasteiger partial charge in [-0.1, -0.05) is 36.1 Å². The lowest BCUT2D eigenvalue weighted by molar-refractivity contribution is 0.0819. The van der Waals surface area contributed by atoms with E-state index in [1.165, 1.54) is 11.3 Å². The van der Waals surface area contributed by atoms with E-state index in [9.17, 15) is 0 Å². The molecule has 3 aromatic rings. The van der Waals surface area contributed by atoms with Crippen LogP contribution in [0.25, 0.3) is 16.0 Å². The first-order valence-corrected chi connectivity index (χ1v) is 11.7. The average molecular weight is 437 g/mol. The summed E-state index contributed by atoms with van der Waals surface area (Å²) in [6, 6.07) is 9.02. The van der Waals surface area contributed by atoms with Gasteiger partial charge in [0.2, 0.25) is 0 Å². The summed E-state index contributed by atoms with van der Waals surface area (Å²) in [5.41, 5.74) is 4.30. The maximum Gasteiger partial charge on any atom is 0.164 e. The van der Waals surface area contributed by atoms with Crippen molar-refractivity contribution >= 4 is 38.9 Å². The minimum Gasteiger partial charge on any atom is -0.381 e. The zero-order chi connectivity index (χ0) is 21.2. The van der Waals surface area contributed by atoms with E-state index < -0.39 is 0 Å². The van der Waals surface area contributed by atoms with Gasteiger partial charge >= 0.3 is 0 Å². The third-order valence-electron chi connectivity index (χ3n) is 6.10. The van der Waals surface area contributed by atoms with Gasteiger partial charge in [-0.25, -0.2) is 15.0 Å². The normalized spacial score (nSPS) is 19.0. The van der Waals surface area contributed by atoms with Gasteiger partial charge in [0.1, 0.15) is 21.7 Å². The lowest BCUT2D eigenvalue weighted by Crippen LogP contribution is -2.33. The van der Waals surface area contributed by atoms with Crippen molar-refractivity contribution < 1.29 is 4.74 Å². The molecular formula is C23H28N6OS. The molecule has 1 atom stereocenters. The Bertz CT molecular complexity index is 1080. The molecule has 2 N–H and O–H groups in total. The van der Waals surface area contributed by atoms with Crippen molar-refractivity contribution in [2.75, 3.05) is 38.3 Å². The van der Waals surface area contributed by atoms with Gasteiger partial charge in [0.15, 0.2) is 5.82 Å². The lowest BCUT2D eigenvalue weighted by Gasteiger charge is -2.24. The van der Waals surface area contributed by atoms with Gasteiger partial charge in [-0.15, -0.1) is 0 Å². The zero-order valence-corrected chi connectivity index (χ0v) is 18.6. The molecule has 0 bridgehead atoms. The molecule has 2 aromatic heterocycles. The average Bonchev–Trinajstić information content (AvgIpc) is 3.40. The van der Waals surface area contributed by atoms with E-state index in [0.29, 0.717) is 12.0 Å². The summed E-state index contributed by atoms with van der Waals surface area (Å²) in [4.78, 5) is 17.3. The van der Waals surface area contributed by atoms with Crippen LogP contribution in [0.2, 0.25) is 0 Å². The monoisotopic (exact) mass is 436 g/mol. The molecule has 1 aromatic carbocycles. The molecule has 0 aliphatic carbocycles. The van der Waals surface area contributed by atoms with Gasteiger partial charge in [-0.2, -0.15) is 0 Å². The minimum atomic E-state index is 0.386. The SMILES string of the molecule is C=C(NC1CCOCC1)c1nc2c(N3CC(CCNC)c4ccccc43)ncnc2s1. The summed E-state index contributed by atoms with van der Waals surface area (Å²) in [5.74, 6) is 1.35. The number of hydrogen-bond donors (Lipinski definition) is 2. The number of fused-ring (bicyclic) bond motifs is 2. The molecular weight excluding hydrogens is 408 g/mol. The van der Waals surface area contributed by atoms with Crippen LogP contribution in [0.3, 0.4) is 0 Å². The second-order valence-corrected chi connectivity index (χ2v) is 9.12. The highest BCUT2D eigenvalue weighted by Crippen LogP contribution is 2.43. The number of nitrogens with zero attached hydrogens (tertiary/aromatic N) is 4. The van der Waals surface area contributed by atoms with E-state index in [1.807, 2.05) is 7.05 Å². The first-order chi connectivity index (χ1) is 15.2. The molecule has 7 nitrogen and oxygen atoms in total. The molecule has 1 fully saturated rings. The van der Waals surface area contributed by atoms with Crippen molar-refractivity contribution in [2.45, 2.75) is 31.2 Å². The van der Waals surface area contributed by atoms with Crippen LogP contribution in [-0.4, -0.2) is 54.3 Å². The molecule has 8 heteroatoms. The number of thiazole rings is 1. The Labute approximate surface area is 186 Å². The topological polar surface area (TPSA) is 75.2 Å². The van der Waals surface area contributed by atoms with Crippen LogP contribution in [0, 0.1) is 0 Å². The van der Waals surface area contributed by atoms with Crippen molar-refractivity contribution in [2.24, 2.45) is 0 Å². The molecule has 1 saturated heterocycles. The van der Waals surface area contributed by atoms with Gasteiger partial charge in [0, 0.05) is 37.4 Å². The summed E-state index contributed by atoms with van der Waals surface area (Å²) < 4.78 is 5.46. The largest absolute Gasteiger partial charge is 0.381 e. The predicted molar refractivity (Wildman–Crippen MR) is 126 cm³/mol. The van der Waals surface area contributed by atoms with Gasteiger partial charge < -0.3 is 20.3 Å². The van der Waals surface area contributed by atoms with Crippen molar-refractivity contribution in [1.29, 1.82) is 0 Å². The van der Waals surface area contributed by atoms with Crippen LogP contribution in [0.4, 0.5) is 11.5 Å². The molecule has 162 valence electrons. The summed E-state index contributed by atoms with van der Waals surface area (Å²) in [6.07, 6.45) is 4.73. The van der Waals surface area contributed by atoms with E-state index in [4.69, 9.17) is 9.72 Å². The van der Waals surface area contributed by atoms with E-state index in [1.54, 1.807) is 17.7 Å². The highest BCUT2D eigenvalue weighted by atomic mass is 32.1. The molecule has 4 heterocycles. The number of para-hydroxylation sites is 1. The summed E-state index contributed by atoms with van der Waals surface area (Å²) in [7, 11) is 2.00. The number of rotatable bonds is 7. The fourth-order valence-electron chi connectivity index (χ4n) is 4.48. The Hall–Kier alpha value is -2.55. The van der Waals surface area contributed by atoms with Crippen LogP contribution in [-0.2, 0) is 4.74 Å². The number of anilines is 2. The Balaban J connectivity index is 1.45. The molecule has 2 aliphatic rings. The van der Waals surface area contributed by atoms with Gasteiger partial charge in [-0.05, 0) is 44.5 Å². The number of nitrogens with one attached hydrogen (secondary N) is 2. The molecule has 0 saturated carbocycles. The van der Waals surface area contributed by atoms with Gasteiger partial charge in [0.05, 0.1) is 5.70 Å². The van der Waals surface area contributed by atoms with E-state index in [-0.39, 0.29) is 0 Å². The summed E-state index contributed by atoms with van der Waals surface area (Å²) >= 11 is 1.57. The Morgan fingerprint density at radius 1 is 1.26 bits per heavy atom. The third kappa shape index (κ3) is 4.03. The maximum atomic E-state index is 5.46. The van der Waals surface area contributed by atoms with Crippen LogP contribution in [0.5, 0.6) is 0 Å². The van der Waals surface area contributed by atoms with Crippen molar-refractivity contribution in [3.63, 3.8) is 0 Å². The number of aromatic nitrogens is 3.